The summed E-state index contributed by atoms with van der Waals surface area (Å²) in [5.41, 5.74) is -1.58. The van der Waals surface area contributed by atoms with E-state index >= 15 is 0 Å². The maximum absolute atomic E-state index is 12.1. The number of amides is 2. The molecular weight excluding hydrogens is 334 g/mol. The van der Waals surface area contributed by atoms with Crippen molar-refractivity contribution < 1.29 is 23.9 Å². The second kappa shape index (κ2) is 7.61. The molecule has 2 amide bonds. The average molecular weight is 357 g/mol. The minimum Gasteiger partial charge on any atom is -0.467 e. The van der Waals surface area contributed by atoms with Crippen LogP contribution in [0.2, 0.25) is 0 Å². The molecule has 0 aliphatic rings. The molecule has 134 valence electrons. The first-order valence-electron chi connectivity index (χ1n) is 7.27. The van der Waals surface area contributed by atoms with E-state index in [0.29, 0.717) is 5.01 Å². The van der Waals surface area contributed by atoms with Gasteiger partial charge in [-0.15, -0.1) is 11.3 Å². The number of aromatic nitrogens is 1. The highest BCUT2D eigenvalue weighted by molar-refractivity contribution is 7.09. The quantitative estimate of drug-likeness (QED) is 0.779. The third-order valence-electron chi connectivity index (χ3n) is 2.69. The molecule has 0 atom stereocenters. The molecule has 2 N–H and O–H groups in total. The summed E-state index contributed by atoms with van der Waals surface area (Å²) in [6, 6.07) is 0. The van der Waals surface area contributed by atoms with Crippen molar-refractivity contribution in [2.24, 2.45) is 0 Å². The van der Waals surface area contributed by atoms with E-state index < -0.39 is 29.1 Å². The second-order valence-electron chi connectivity index (χ2n) is 6.55. The Morgan fingerprint density at radius 1 is 1.21 bits per heavy atom. The van der Waals surface area contributed by atoms with Crippen LogP contribution in [0.5, 0.6) is 0 Å². The standard InChI is InChI=1S/C15H23N3O5S/c1-14(2,3)23-13(21)16-7-10-17-9(8-24-10)11(19)18-15(4,5)12(20)22-6/h8H,7H2,1-6H3,(H,16,21)(H,18,19). The van der Waals surface area contributed by atoms with Crippen LogP contribution in [0.15, 0.2) is 5.38 Å². The molecule has 24 heavy (non-hydrogen) atoms. The van der Waals surface area contributed by atoms with E-state index in [9.17, 15) is 14.4 Å². The van der Waals surface area contributed by atoms with Crippen LogP contribution < -0.4 is 10.6 Å². The fourth-order valence-corrected chi connectivity index (χ4v) is 2.33. The number of carbonyl (C=O) groups excluding carboxylic acids is 3. The first kappa shape index (κ1) is 19.9. The zero-order valence-electron chi connectivity index (χ0n) is 14.7. The van der Waals surface area contributed by atoms with Crippen LogP contribution in [0.4, 0.5) is 4.79 Å². The van der Waals surface area contributed by atoms with Gasteiger partial charge in [-0.3, -0.25) is 4.79 Å². The highest BCUT2D eigenvalue weighted by Crippen LogP contribution is 2.13. The van der Waals surface area contributed by atoms with E-state index in [1.54, 1.807) is 26.2 Å². The number of esters is 1. The van der Waals surface area contributed by atoms with Crippen molar-refractivity contribution in [3.63, 3.8) is 0 Å². The van der Waals surface area contributed by atoms with Crippen LogP contribution in [0, 0.1) is 0 Å². The number of ether oxygens (including phenoxy) is 2. The molecule has 0 fully saturated rings. The van der Waals surface area contributed by atoms with Gasteiger partial charge in [-0.1, -0.05) is 0 Å². The summed E-state index contributed by atoms with van der Waals surface area (Å²) in [7, 11) is 1.25. The Balaban J connectivity index is 2.61. The van der Waals surface area contributed by atoms with Crippen molar-refractivity contribution in [1.29, 1.82) is 0 Å². The number of hydrogen-bond donors (Lipinski definition) is 2. The zero-order valence-corrected chi connectivity index (χ0v) is 15.5. The molecule has 0 aliphatic heterocycles. The third-order valence-corrected chi connectivity index (χ3v) is 3.54. The molecule has 0 aromatic carbocycles. The summed E-state index contributed by atoms with van der Waals surface area (Å²) in [6.07, 6.45) is -0.560. The smallest absolute Gasteiger partial charge is 0.408 e. The molecule has 1 heterocycles. The zero-order chi connectivity index (χ0) is 18.5. The molecule has 8 nitrogen and oxygen atoms in total. The number of thiazole rings is 1. The Morgan fingerprint density at radius 3 is 2.38 bits per heavy atom. The Hall–Kier alpha value is -2.16. The first-order valence-corrected chi connectivity index (χ1v) is 8.15. The Kier molecular flexibility index (Phi) is 6.30. The van der Waals surface area contributed by atoms with E-state index in [2.05, 4.69) is 20.4 Å². The van der Waals surface area contributed by atoms with Gasteiger partial charge in [-0.05, 0) is 34.6 Å². The second-order valence-corrected chi connectivity index (χ2v) is 7.50. The Labute approximate surface area is 144 Å². The van der Waals surface area contributed by atoms with Gasteiger partial charge in [-0.25, -0.2) is 14.6 Å². The van der Waals surface area contributed by atoms with Gasteiger partial charge in [0.1, 0.15) is 21.8 Å². The van der Waals surface area contributed by atoms with Crippen LogP contribution >= 0.6 is 11.3 Å². The van der Waals surface area contributed by atoms with E-state index in [-0.39, 0.29) is 12.2 Å². The minimum absolute atomic E-state index is 0.146. The Bertz CT molecular complexity index is 619. The first-order chi connectivity index (χ1) is 10.9. The van der Waals surface area contributed by atoms with Crippen LogP contribution in [-0.4, -0.2) is 41.2 Å². The molecule has 0 spiro atoms. The van der Waals surface area contributed by atoms with Crippen molar-refractivity contribution in [1.82, 2.24) is 15.6 Å². The number of hydrogen-bond acceptors (Lipinski definition) is 7. The van der Waals surface area contributed by atoms with Crippen LogP contribution in [0.25, 0.3) is 0 Å². The summed E-state index contributed by atoms with van der Waals surface area (Å²) in [6.45, 7) is 8.51. The summed E-state index contributed by atoms with van der Waals surface area (Å²) in [5.74, 6) is -1.05. The van der Waals surface area contributed by atoms with Gasteiger partial charge < -0.3 is 20.1 Å². The normalized spacial score (nSPS) is 11.6. The van der Waals surface area contributed by atoms with Crippen molar-refractivity contribution in [3.05, 3.63) is 16.1 Å². The fourth-order valence-electron chi connectivity index (χ4n) is 1.61. The van der Waals surface area contributed by atoms with E-state index in [4.69, 9.17) is 4.74 Å². The minimum atomic E-state index is -1.16. The summed E-state index contributed by atoms with van der Waals surface area (Å²) in [5, 5.41) is 7.21. The van der Waals surface area contributed by atoms with Crippen molar-refractivity contribution in [2.45, 2.75) is 52.3 Å². The van der Waals surface area contributed by atoms with Crippen LogP contribution in [-0.2, 0) is 20.8 Å². The van der Waals surface area contributed by atoms with Gasteiger partial charge >= 0.3 is 12.1 Å². The van der Waals surface area contributed by atoms with Gasteiger partial charge in [0.15, 0.2) is 0 Å². The molecule has 0 radical (unpaired) electrons. The van der Waals surface area contributed by atoms with Crippen LogP contribution in [0.1, 0.15) is 50.1 Å². The van der Waals surface area contributed by atoms with E-state index in [1.807, 2.05) is 0 Å². The lowest BCUT2D eigenvalue weighted by molar-refractivity contribution is -0.146. The summed E-state index contributed by atoms with van der Waals surface area (Å²) in [4.78, 5) is 39.4. The number of nitrogens with one attached hydrogen (secondary N) is 2. The maximum atomic E-state index is 12.1. The number of methoxy groups -OCH3 is 1. The van der Waals surface area contributed by atoms with Gasteiger partial charge in [0, 0.05) is 5.38 Å². The fraction of sp³-hybridized carbons (Fsp3) is 0.600. The predicted molar refractivity (Wildman–Crippen MR) is 88.7 cm³/mol. The number of carbonyl (C=O) groups is 3. The third kappa shape index (κ3) is 6.15. The molecule has 0 saturated carbocycles. The lowest BCUT2D eigenvalue weighted by Gasteiger charge is -2.22. The van der Waals surface area contributed by atoms with Gasteiger partial charge in [0.2, 0.25) is 0 Å². The lowest BCUT2D eigenvalue weighted by Crippen LogP contribution is -2.50. The topological polar surface area (TPSA) is 107 Å². The number of rotatable bonds is 5. The largest absolute Gasteiger partial charge is 0.467 e. The molecule has 1 aromatic rings. The summed E-state index contributed by atoms with van der Waals surface area (Å²) >= 11 is 1.22. The molecule has 0 saturated heterocycles. The van der Waals surface area contributed by atoms with Crippen molar-refractivity contribution in [3.8, 4) is 0 Å². The number of nitrogens with zero attached hydrogens (tertiary/aromatic N) is 1. The van der Waals surface area contributed by atoms with Gasteiger partial charge in [0.05, 0.1) is 13.7 Å². The van der Waals surface area contributed by atoms with Crippen LogP contribution in [0.3, 0.4) is 0 Å². The average Bonchev–Trinajstić information content (AvgIpc) is 2.91. The summed E-state index contributed by atoms with van der Waals surface area (Å²) < 4.78 is 9.74. The number of alkyl carbamates (subject to hydrolysis) is 1. The van der Waals surface area contributed by atoms with Crippen molar-refractivity contribution >= 4 is 29.3 Å². The maximum Gasteiger partial charge on any atom is 0.408 e. The Morgan fingerprint density at radius 2 is 1.83 bits per heavy atom. The highest BCUT2D eigenvalue weighted by atomic mass is 32.1. The van der Waals surface area contributed by atoms with E-state index in [1.165, 1.54) is 32.3 Å². The molecule has 9 heteroatoms. The highest BCUT2D eigenvalue weighted by Gasteiger charge is 2.31. The lowest BCUT2D eigenvalue weighted by atomic mass is 10.1. The molecule has 0 bridgehead atoms. The van der Waals surface area contributed by atoms with E-state index in [0.717, 1.165) is 0 Å². The molecule has 1 rings (SSSR count). The molecule has 0 aliphatic carbocycles. The molecule has 0 unspecified atom stereocenters. The van der Waals surface area contributed by atoms with Crippen molar-refractivity contribution in [2.75, 3.05) is 7.11 Å². The van der Waals surface area contributed by atoms with Gasteiger partial charge in [0.25, 0.3) is 5.91 Å². The molecule has 1 aromatic heterocycles. The SMILES string of the molecule is COC(=O)C(C)(C)NC(=O)c1csc(CNC(=O)OC(C)(C)C)n1. The predicted octanol–water partition coefficient (Wildman–Crippen LogP) is 1.85. The van der Waals surface area contributed by atoms with Gasteiger partial charge in [-0.2, -0.15) is 0 Å². The monoisotopic (exact) mass is 357 g/mol. The molecular formula is C15H23N3O5S.